The number of amides is 2. The van der Waals surface area contributed by atoms with Gasteiger partial charge in [0.25, 0.3) is 0 Å². The molecule has 0 radical (unpaired) electrons. The van der Waals surface area contributed by atoms with Crippen molar-refractivity contribution in [2.45, 2.75) is 50.7 Å². The third kappa shape index (κ3) is 7.81. The predicted octanol–water partition coefficient (Wildman–Crippen LogP) is 4.06. The Kier molecular flexibility index (Phi) is 9.09. The van der Waals surface area contributed by atoms with Crippen molar-refractivity contribution in [2.24, 2.45) is 0 Å². The minimum atomic E-state index is -3.92. The number of benzene rings is 2. The first-order chi connectivity index (χ1) is 15.2. The number of carbonyl (C=O) groups excluding carboxylic acids is 2. The summed E-state index contributed by atoms with van der Waals surface area (Å²) >= 11 is 9.23. The number of likely N-dealkylation sites (N-methyl/N-ethyl adjacent to an activating group) is 1. The largest absolute Gasteiger partial charge is 0.350 e. The van der Waals surface area contributed by atoms with Gasteiger partial charge in [-0.2, -0.15) is 4.31 Å². The van der Waals surface area contributed by atoms with Gasteiger partial charge in [0.15, 0.2) is 0 Å². The summed E-state index contributed by atoms with van der Waals surface area (Å²) in [6.45, 7) is 6.92. The van der Waals surface area contributed by atoms with E-state index in [2.05, 4.69) is 21.2 Å². The van der Waals surface area contributed by atoms with Gasteiger partial charge in [-0.15, -0.1) is 0 Å². The second-order valence-corrected chi connectivity index (χ2v) is 12.2. The maximum Gasteiger partial charge on any atom is 0.243 e. The van der Waals surface area contributed by atoms with E-state index in [1.54, 1.807) is 6.92 Å². The second-order valence-electron chi connectivity index (χ2n) is 8.78. The van der Waals surface area contributed by atoms with Gasteiger partial charge in [-0.25, -0.2) is 8.42 Å². The van der Waals surface area contributed by atoms with Crippen molar-refractivity contribution in [1.29, 1.82) is 0 Å². The predicted molar refractivity (Wildman–Crippen MR) is 133 cm³/mol. The zero-order chi connectivity index (χ0) is 25.0. The van der Waals surface area contributed by atoms with Crippen molar-refractivity contribution in [2.75, 3.05) is 13.6 Å². The molecule has 0 aliphatic heterocycles. The summed E-state index contributed by atoms with van der Waals surface area (Å²) in [5.41, 5.74) is 0.331. The fourth-order valence-electron chi connectivity index (χ4n) is 3.00. The van der Waals surface area contributed by atoms with Gasteiger partial charge < -0.3 is 10.2 Å². The van der Waals surface area contributed by atoms with Gasteiger partial charge in [-0.1, -0.05) is 39.7 Å². The molecule has 0 saturated heterocycles. The molecule has 7 nitrogen and oxygen atoms in total. The van der Waals surface area contributed by atoms with Gasteiger partial charge in [0.1, 0.15) is 6.04 Å². The zero-order valence-corrected chi connectivity index (χ0v) is 22.5. The number of nitrogens with one attached hydrogen (secondary N) is 1. The third-order valence-electron chi connectivity index (χ3n) is 4.81. The Morgan fingerprint density at radius 1 is 1.06 bits per heavy atom. The molecule has 0 aromatic heterocycles. The van der Waals surface area contributed by atoms with Gasteiger partial charge in [-0.3, -0.25) is 9.59 Å². The summed E-state index contributed by atoms with van der Waals surface area (Å²) in [5, 5.41) is 3.29. The Balaban J connectivity index is 2.28. The van der Waals surface area contributed by atoms with Crippen LogP contribution in [0.15, 0.2) is 57.9 Å². The van der Waals surface area contributed by atoms with Crippen molar-refractivity contribution in [3.63, 3.8) is 0 Å². The molecule has 2 amide bonds. The standard InChI is InChI=1S/C23H29BrClN3O4S/c1-16(22(30)26-23(2,3)4)28(14-17-6-8-18(24)9-7-17)21(29)15-27(5)33(31,32)20-12-10-19(25)11-13-20/h6-13,16H,14-15H2,1-5H3,(H,26,30). The fourth-order valence-corrected chi connectivity index (χ4v) is 4.51. The molecule has 0 aliphatic rings. The molecule has 2 aromatic rings. The van der Waals surface area contributed by atoms with E-state index in [1.807, 2.05) is 45.0 Å². The average Bonchev–Trinajstić information content (AvgIpc) is 2.71. The lowest BCUT2D eigenvalue weighted by atomic mass is 10.1. The first-order valence-electron chi connectivity index (χ1n) is 10.3. The minimum absolute atomic E-state index is 0.0279. The molecule has 2 aromatic carbocycles. The van der Waals surface area contributed by atoms with Crippen LogP contribution in [0.1, 0.15) is 33.3 Å². The van der Waals surface area contributed by atoms with E-state index in [1.165, 1.54) is 36.2 Å². The molecule has 0 saturated carbocycles. The fraction of sp³-hybridized carbons (Fsp3) is 0.391. The summed E-state index contributed by atoms with van der Waals surface area (Å²) in [6.07, 6.45) is 0. The summed E-state index contributed by atoms with van der Waals surface area (Å²) < 4.78 is 27.7. The topological polar surface area (TPSA) is 86.8 Å². The first kappa shape index (κ1) is 27.3. The number of sulfonamides is 1. The second kappa shape index (κ2) is 11.0. The van der Waals surface area contributed by atoms with Crippen molar-refractivity contribution in [3.8, 4) is 0 Å². The van der Waals surface area contributed by atoms with Crippen molar-refractivity contribution in [1.82, 2.24) is 14.5 Å². The number of hydrogen-bond acceptors (Lipinski definition) is 4. The monoisotopic (exact) mass is 557 g/mol. The molecule has 0 aliphatic carbocycles. The minimum Gasteiger partial charge on any atom is -0.350 e. The van der Waals surface area contributed by atoms with Gasteiger partial charge >= 0.3 is 0 Å². The van der Waals surface area contributed by atoms with E-state index >= 15 is 0 Å². The normalized spacial score (nSPS) is 13.0. The molecule has 1 N–H and O–H groups in total. The highest BCUT2D eigenvalue weighted by atomic mass is 79.9. The van der Waals surface area contributed by atoms with E-state index in [0.29, 0.717) is 5.02 Å². The molecule has 0 bridgehead atoms. The summed E-state index contributed by atoms with van der Waals surface area (Å²) in [5.74, 6) is -0.814. The molecule has 10 heteroatoms. The molecule has 180 valence electrons. The molecular formula is C23H29BrClN3O4S. The molecule has 2 rings (SSSR count). The Hall–Kier alpha value is -1.94. The van der Waals surface area contributed by atoms with Crippen molar-refractivity contribution < 1.29 is 18.0 Å². The Morgan fingerprint density at radius 3 is 2.12 bits per heavy atom. The maximum absolute atomic E-state index is 13.3. The lowest BCUT2D eigenvalue weighted by Gasteiger charge is -2.32. The molecule has 0 heterocycles. The van der Waals surface area contributed by atoms with Crippen molar-refractivity contribution in [3.05, 3.63) is 63.6 Å². The average molecular weight is 559 g/mol. The van der Waals surface area contributed by atoms with Gasteiger partial charge in [0.2, 0.25) is 21.8 Å². The van der Waals surface area contributed by atoms with Crippen LogP contribution >= 0.6 is 27.5 Å². The molecular weight excluding hydrogens is 530 g/mol. The molecule has 33 heavy (non-hydrogen) atoms. The Morgan fingerprint density at radius 2 is 1.61 bits per heavy atom. The van der Waals surface area contributed by atoms with Crippen molar-refractivity contribution >= 4 is 49.4 Å². The van der Waals surface area contributed by atoms with E-state index in [0.717, 1.165) is 14.3 Å². The van der Waals surface area contributed by atoms with Crippen LogP contribution in [-0.4, -0.2) is 54.6 Å². The quantitative estimate of drug-likeness (QED) is 0.530. The van der Waals surface area contributed by atoms with Crippen LogP contribution in [0.25, 0.3) is 0 Å². The van der Waals surface area contributed by atoms with E-state index in [4.69, 9.17) is 11.6 Å². The molecule has 1 atom stereocenters. The summed E-state index contributed by atoms with van der Waals surface area (Å²) in [4.78, 5) is 27.5. The SMILES string of the molecule is CC(C(=O)NC(C)(C)C)N(Cc1ccc(Br)cc1)C(=O)CN(C)S(=O)(=O)c1ccc(Cl)cc1. The van der Waals surface area contributed by atoms with E-state index in [-0.39, 0.29) is 17.3 Å². The van der Waals surface area contributed by atoms with Crippen LogP contribution in [0.2, 0.25) is 5.02 Å². The number of halogens is 2. The molecule has 0 fully saturated rings. The summed E-state index contributed by atoms with van der Waals surface area (Å²) in [7, 11) is -2.58. The molecule has 0 spiro atoms. The zero-order valence-electron chi connectivity index (χ0n) is 19.3. The van der Waals surface area contributed by atoms with Crippen LogP contribution in [-0.2, 0) is 26.2 Å². The van der Waals surface area contributed by atoms with E-state index in [9.17, 15) is 18.0 Å². The van der Waals surface area contributed by atoms with Gasteiger partial charge in [-0.05, 0) is 69.7 Å². The highest BCUT2D eigenvalue weighted by Gasteiger charge is 2.31. The van der Waals surface area contributed by atoms with Crippen LogP contribution < -0.4 is 5.32 Å². The van der Waals surface area contributed by atoms with Crippen LogP contribution in [0.3, 0.4) is 0 Å². The molecule has 1 unspecified atom stereocenters. The number of carbonyl (C=O) groups is 2. The van der Waals surface area contributed by atoms with Crippen LogP contribution in [0, 0.1) is 0 Å². The maximum atomic E-state index is 13.3. The van der Waals surface area contributed by atoms with Crippen LogP contribution in [0.5, 0.6) is 0 Å². The number of rotatable bonds is 8. The lowest BCUT2D eigenvalue weighted by molar-refractivity contribution is -0.141. The number of hydrogen-bond donors (Lipinski definition) is 1. The number of nitrogens with zero attached hydrogens (tertiary/aromatic N) is 2. The van der Waals surface area contributed by atoms with E-state index < -0.39 is 34.1 Å². The third-order valence-corrected chi connectivity index (χ3v) is 7.41. The summed E-state index contributed by atoms with van der Waals surface area (Å²) in [6, 6.07) is 12.3. The lowest BCUT2D eigenvalue weighted by Crippen LogP contribution is -2.54. The van der Waals surface area contributed by atoms with Gasteiger partial charge in [0, 0.05) is 28.6 Å². The highest BCUT2D eigenvalue weighted by molar-refractivity contribution is 9.10. The Labute approximate surface area is 209 Å². The van der Waals surface area contributed by atoms with Gasteiger partial charge in [0.05, 0.1) is 11.4 Å². The highest BCUT2D eigenvalue weighted by Crippen LogP contribution is 2.19. The smallest absolute Gasteiger partial charge is 0.243 e. The van der Waals surface area contributed by atoms with Crippen LogP contribution in [0.4, 0.5) is 0 Å². The Bertz CT molecular complexity index is 1080. The first-order valence-corrected chi connectivity index (χ1v) is 12.9.